The lowest BCUT2D eigenvalue weighted by Crippen LogP contribution is -2.29. The first kappa shape index (κ1) is 21.4. The Kier molecular flexibility index (Phi) is 6.35. The Bertz CT molecular complexity index is 1190. The number of rotatable bonds is 8. The Balaban J connectivity index is 1.42. The Morgan fingerprint density at radius 3 is 2.56 bits per heavy atom. The Hall–Kier alpha value is -3.87. The van der Waals surface area contributed by atoms with Gasteiger partial charge >= 0.3 is 0 Å². The fourth-order valence-electron chi connectivity index (χ4n) is 3.29. The number of pyridine rings is 1. The van der Waals surface area contributed by atoms with E-state index in [4.69, 9.17) is 9.47 Å². The maximum absolute atomic E-state index is 12.3. The molecule has 1 unspecified atom stereocenters. The molecule has 2 heterocycles. The number of nitrogens with one attached hydrogen (secondary N) is 1. The zero-order valence-electron chi connectivity index (χ0n) is 18.4. The highest BCUT2D eigenvalue weighted by atomic mass is 16.5. The van der Waals surface area contributed by atoms with E-state index in [1.807, 2.05) is 86.0 Å². The second kappa shape index (κ2) is 9.51. The molecule has 0 bridgehead atoms. The first-order valence-electron chi connectivity index (χ1n) is 10.6. The summed E-state index contributed by atoms with van der Waals surface area (Å²) in [5, 5.41) is 2.90. The summed E-state index contributed by atoms with van der Waals surface area (Å²) < 4.78 is 13.6. The zero-order valence-corrected chi connectivity index (χ0v) is 18.4. The van der Waals surface area contributed by atoms with Gasteiger partial charge in [-0.3, -0.25) is 9.36 Å². The number of amides is 1. The Morgan fingerprint density at radius 1 is 1.03 bits per heavy atom. The van der Waals surface area contributed by atoms with Crippen molar-refractivity contribution in [3.8, 4) is 17.3 Å². The molecule has 4 aromatic rings. The van der Waals surface area contributed by atoms with Crippen LogP contribution in [0.25, 0.3) is 16.7 Å². The lowest BCUT2D eigenvalue weighted by molar-refractivity contribution is 0.0943. The number of hydrogen-bond acceptors (Lipinski definition) is 5. The van der Waals surface area contributed by atoms with Crippen LogP contribution in [0.15, 0.2) is 73.2 Å². The molecule has 0 aliphatic rings. The molecule has 2 aromatic heterocycles. The van der Waals surface area contributed by atoms with E-state index in [9.17, 15) is 4.79 Å². The third-order valence-electron chi connectivity index (χ3n) is 4.79. The van der Waals surface area contributed by atoms with Crippen LogP contribution in [0, 0.1) is 0 Å². The van der Waals surface area contributed by atoms with Gasteiger partial charge in [0.1, 0.15) is 24.8 Å². The van der Waals surface area contributed by atoms with Gasteiger partial charge in [-0.25, -0.2) is 9.97 Å². The van der Waals surface area contributed by atoms with Crippen LogP contribution in [0.4, 0.5) is 0 Å². The number of ether oxygens (including phenoxy) is 2. The molecule has 0 aliphatic heterocycles. The number of carbonyl (C=O) groups excluding carboxylic acids is 1. The molecule has 0 fully saturated rings. The van der Waals surface area contributed by atoms with Gasteiger partial charge in [-0.1, -0.05) is 6.07 Å². The SMILES string of the molecule is CC(C)NC(=O)c1ccc2c(c1)ncn2-c1ccc(OC(C)COc2ccccn2)cc1. The summed E-state index contributed by atoms with van der Waals surface area (Å²) in [4.78, 5) is 20.9. The average Bonchev–Trinajstić information content (AvgIpc) is 3.22. The van der Waals surface area contributed by atoms with Crippen LogP contribution in [0.1, 0.15) is 31.1 Å². The molecule has 0 saturated carbocycles. The minimum atomic E-state index is -0.132. The molecule has 7 heteroatoms. The van der Waals surface area contributed by atoms with Crippen LogP contribution in [-0.4, -0.2) is 39.2 Å². The second-order valence-corrected chi connectivity index (χ2v) is 7.85. The molecule has 1 atom stereocenters. The smallest absolute Gasteiger partial charge is 0.251 e. The van der Waals surface area contributed by atoms with Crippen LogP contribution >= 0.6 is 0 Å². The highest BCUT2D eigenvalue weighted by Crippen LogP contribution is 2.22. The number of nitrogens with zero attached hydrogens (tertiary/aromatic N) is 3. The quantitative estimate of drug-likeness (QED) is 0.448. The van der Waals surface area contributed by atoms with Crippen molar-refractivity contribution in [2.75, 3.05) is 6.61 Å². The second-order valence-electron chi connectivity index (χ2n) is 7.85. The fourth-order valence-corrected chi connectivity index (χ4v) is 3.29. The first-order valence-corrected chi connectivity index (χ1v) is 10.6. The summed E-state index contributed by atoms with van der Waals surface area (Å²) in [5.41, 5.74) is 3.25. The van der Waals surface area contributed by atoms with Crippen molar-refractivity contribution in [1.82, 2.24) is 19.9 Å². The van der Waals surface area contributed by atoms with E-state index in [-0.39, 0.29) is 18.1 Å². The molecule has 1 N–H and O–H groups in total. The van der Waals surface area contributed by atoms with E-state index < -0.39 is 0 Å². The van der Waals surface area contributed by atoms with Crippen molar-refractivity contribution in [2.45, 2.75) is 32.9 Å². The number of benzene rings is 2. The number of imidazole rings is 1. The minimum absolute atomic E-state index is 0.0840. The van der Waals surface area contributed by atoms with E-state index in [0.717, 1.165) is 22.5 Å². The molecule has 164 valence electrons. The van der Waals surface area contributed by atoms with E-state index in [1.54, 1.807) is 12.5 Å². The molecule has 0 saturated heterocycles. The van der Waals surface area contributed by atoms with Crippen LogP contribution in [0.5, 0.6) is 11.6 Å². The number of fused-ring (bicyclic) bond motifs is 1. The van der Waals surface area contributed by atoms with Crippen molar-refractivity contribution < 1.29 is 14.3 Å². The number of carbonyl (C=O) groups is 1. The van der Waals surface area contributed by atoms with Crippen LogP contribution < -0.4 is 14.8 Å². The lowest BCUT2D eigenvalue weighted by atomic mass is 10.1. The van der Waals surface area contributed by atoms with Gasteiger partial charge in [-0.15, -0.1) is 0 Å². The summed E-state index contributed by atoms with van der Waals surface area (Å²) in [5.74, 6) is 1.23. The van der Waals surface area contributed by atoms with Gasteiger partial charge in [0.2, 0.25) is 5.88 Å². The highest BCUT2D eigenvalue weighted by Gasteiger charge is 2.11. The van der Waals surface area contributed by atoms with Gasteiger partial charge in [-0.05, 0) is 69.3 Å². The van der Waals surface area contributed by atoms with Gasteiger partial charge in [0.15, 0.2) is 0 Å². The Labute approximate surface area is 187 Å². The monoisotopic (exact) mass is 430 g/mol. The van der Waals surface area contributed by atoms with E-state index in [1.165, 1.54) is 0 Å². The molecule has 2 aromatic carbocycles. The third-order valence-corrected chi connectivity index (χ3v) is 4.79. The predicted octanol–water partition coefficient (Wildman–Crippen LogP) is 4.41. The topological polar surface area (TPSA) is 78.3 Å². The summed E-state index contributed by atoms with van der Waals surface area (Å²) in [6, 6.07) is 19.0. The molecule has 4 rings (SSSR count). The minimum Gasteiger partial charge on any atom is -0.487 e. The highest BCUT2D eigenvalue weighted by molar-refractivity contribution is 5.97. The maximum atomic E-state index is 12.3. The Morgan fingerprint density at radius 2 is 1.84 bits per heavy atom. The summed E-state index contributed by atoms with van der Waals surface area (Å²) in [6.45, 7) is 6.23. The first-order chi connectivity index (χ1) is 15.5. The molecular weight excluding hydrogens is 404 g/mol. The molecule has 7 nitrogen and oxygen atoms in total. The van der Waals surface area contributed by atoms with Crippen LogP contribution in [-0.2, 0) is 0 Å². The average molecular weight is 431 g/mol. The van der Waals surface area contributed by atoms with Gasteiger partial charge in [0, 0.05) is 29.6 Å². The summed E-state index contributed by atoms with van der Waals surface area (Å²) >= 11 is 0. The van der Waals surface area contributed by atoms with Gasteiger partial charge in [-0.2, -0.15) is 0 Å². The van der Waals surface area contributed by atoms with Crippen LogP contribution in [0.2, 0.25) is 0 Å². The van der Waals surface area contributed by atoms with E-state index in [0.29, 0.717) is 18.1 Å². The number of aromatic nitrogens is 3. The van der Waals surface area contributed by atoms with Gasteiger partial charge in [0.05, 0.1) is 11.0 Å². The van der Waals surface area contributed by atoms with Gasteiger partial charge in [0.25, 0.3) is 5.91 Å². The standard InChI is InChI=1S/C25H26N4O3/c1-17(2)28-25(30)19-7-12-23-22(14-19)27-16-29(23)20-8-10-21(11-9-20)32-18(3)15-31-24-6-4-5-13-26-24/h4-14,16-18H,15H2,1-3H3,(H,28,30). The summed E-state index contributed by atoms with van der Waals surface area (Å²) in [7, 11) is 0. The van der Waals surface area contributed by atoms with Crippen molar-refractivity contribution >= 4 is 16.9 Å². The van der Waals surface area contributed by atoms with E-state index in [2.05, 4.69) is 15.3 Å². The van der Waals surface area contributed by atoms with Crippen molar-refractivity contribution in [3.05, 3.63) is 78.8 Å². The molecule has 0 aliphatic carbocycles. The van der Waals surface area contributed by atoms with E-state index >= 15 is 0 Å². The third kappa shape index (κ3) is 5.06. The van der Waals surface area contributed by atoms with Crippen molar-refractivity contribution in [1.29, 1.82) is 0 Å². The normalized spacial score (nSPS) is 12.0. The van der Waals surface area contributed by atoms with Crippen molar-refractivity contribution in [3.63, 3.8) is 0 Å². The van der Waals surface area contributed by atoms with Crippen LogP contribution in [0.3, 0.4) is 0 Å². The lowest BCUT2D eigenvalue weighted by Gasteiger charge is -2.15. The molecule has 0 radical (unpaired) electrons. The molecule has 32 heavy (non-hydrogen) atoms. The molecule has 0 spiro atoms. The fraction of sp³-hybridized carbons (Fsp3) is 0.240. The van der Waals surface area contributed by atoms with Gasteiger partial charge < -0.3 is 14.8 Å². The number of hydrogen-bond donors (Lipinski definition) is 1. The maximum Gasteiger partial charge on any atom is 0.251 e. The predicted molar refractivity (Wildman–Crippen MR) is 123 cm³/mol. The molecular formula is C25H26N4O3. The summed E-state index contributed by atoms with van der Waals surface area (Å²) in [6.07, 6.45) is 3.32. The molecule has 1 amide bonds. The largest absolute Gasteiger partial charge is 0.487 e. The zero-order chi connectivity index (χ0) is 22.5. The van der Waals surface area contributed by atoms with Crippen molar-refractivity contribution in [2.24, 2.45) is 0 Å².